The van der Waals surface area contributed by atoms with Crippen molar-refractivity contribution in [2.75, 3.05) is 0 Å². The third-order valence-corrected chi connectivity index (χ3v) is 7.24. The molecule has 6 nitrogen and oxygen atoms in total. The van der Waals surface area contributed by atoms with E-state index in [4.69, 9.17) is 4.52 Å². The standard InChI is InChI=1S/C34H25FN2O4/c1-20(22-9-11-24(12-10-22)34(39)40)36-33(38)29-18-27(23-5-3-2-4-6-23)19-31-32(29)30(37-41-31)16-21-7-8-26-17-28(35)14-13-25(26)15-21/h2-15,17-20H,16H2,1H3,(H,36,38)(H,39,40)/t20-/m0/s1. The Morgan fingerprint density at radius 2 is 1.61 bits per heavy atom. The molecule has 6 aromatic rings. The quantitative estimate of drug-likeness (QED) is 0.216. The number of halogens is 1. The number of carboxylic acids is 1. The van der Waals surface area contributed by atoms with E-state index >= 15 is 0 Å². The van der Waals surface area contributed by atoms with Crippen LogP contribution >= 0.6 is 0 Å². The van der Waals surface area contributed by atoms with Crippen LogP contribution in [0.4, 0.5) is 4.39 Å². The molecular formula is C34H25FN2O4. The van der Waals surface area contributed by atoms with Gasteiger partial charge in [-0.2, -0.15) is 0 Å². The predicted octanol–water partition coefficient (Wildman–Crippen LogP) is 7.57. The number of benzene rings is 5. The molecule has 0 radical (unpaired) electrons. The molecule has 7 heteroatoms. The van der Waals surface area contributed by atoms with Gasteiger partial charge >= 0.3 is 5.97 Å². The lowest BCUT2D eigenvalue weighted by Crippen LogP contribution is -2.27. The molecule has 41 heavy (non-hydrogen) atoms. The second kappa shape index (κ2) is 10.7. The first-order valence-corrected chi connectivity index (χ1v) is 13.2. The summed E-state index contributed by atoms with van der Waals surface area (Å²) in [4.78, 5) is 25.0. The van der Waals surface area contributed by atoms with E-state index < -0.39 is 5.97 Å². The minimum Gasteiger partial charge on any atom is -0.478 e. The van der Waals surface area contributed by atoms with Crippen LogP contribution in [0.2, 0.25) is 0 Å². The van der Waals surface area contributed by atoms with Crippen LogP contribution in [0, 0.1) is 5.82 Å². The average Bonchev–Trinajstić information content (AvgIpc) is 3.39. The van der Waals surface area contributed by atoms with E-state index in [1.807, 2.05) is 67.6 Å². The number of amides is 1. The van der Waals surface area contributed by atoms with E-state index in [-0.39, 0.29) is 23.3 Å². The van der Waals surface area contributed by atoms with Crippen molar-refractivity contribution in [1.29, 1.82) is 0 Å². The van der Waals surface area contributed by atoms with Gasteiger partial charge in [0.2, 0.25) is 0 Å². The van der Waals surface area contributed by atoms with Gasteiger partial charge in [-0.25, -0.2) is 9.18 Å². The number of hydrogen-bond donors (Lipinski definition) is 2. The number of rotatable bonds is 7. The molecule has 0 saturated heterocycles. The fourth-order valence-corrected chi connectivity index (χ4v) is 5.07. The molecule has 2 N–H and O–H groups in total. The molecule has 0 saturated carbocycles. The first kappa shape index (κ1) is 26.0. The van der Waals surface area contributed by atoms with Crippen molar-refractivity contribution in [2.24, 2.45) is 0 Å². The lowest BCUT2D eigenvalue weighted by atomic mass is 9.96. The lowest BCUT2D eigenvalue weighted by molar-refractivity contribution is 0.0696. The van der Waals surface area contributed by atoms with Gasteiger partial charge in [0, 0.05) is 6.42 Å². The van der Waals surface area contributed by atoms with E-state index in [1.54, 1.807) is 18.2 Å². The van der Waals surface area contributed by atoms with Gasteiger partial charge < -0.3 is 14.9 Å². The summed E-state index contributed by atoms with van der Waals surface area (Å²) in [5.41, 5.74) is 5.18. The Bertz CT molecular complexity index is 1910. The molecule has 0 unspecified atom stereocenters. The van der Waals surface area contributed by atoms with Crippen LogP contribution in [-0.2, 0) is 6.42 Å². The second-order valence-corrected chi connectivity index (χ2v) is 10.0. The summed E-state index contributed by atoms with van der Waals surface area (Å²) in [6, 6.07) is 29.9. The van der Waals surface area contributed by atoms with Crippen LogP contribution in [0.25, 0.3) is 32.9 Å². The number of fused-ring (bicyclic) bond motifs is 2. The van der Waals surface area contributed by atoms with E-state index in [2.05, 4.69) is 10.5 Å². The van der Waals surface area contributed by atoms with Gasteiger partial charge in [-0.05, 0) is 76.3 Å². The van der Waals surface area contributed by atoms with E-state index in [1.165, 1.54) is 24.3 Å². The molecule has 0 aliphatic heterocycles. The van der Waals surface area contributed by atoms with Gasteiger partial charge in [-0.15, -0.1) is 0 Å². The number of carbonyl (C=O) groups excluding carboxylic acids is 1. The zero-order chi connectivity index (χ0) is 28.5. The van der Waals surface area contributed by atoms with Gasteiger partial charge in [0.15, 0.2) is 5.58 Å². The summed E-state index contributed by atoms with van der Waals surface area (Å²) in [6.45, 7) is 1.85. The average molecular weight is 545 g/mol. The Labute approximate surface area is 235 Å². The van der Waals surface area contributed by atoms with Crippen molar-refractivity contribution < 1.29 is 23.6 Å². The normalized spacial score (nSPS) is 12.0. The van der Waals surface area contributed by atoms with Gasteiger partial charge in [0.05, 0.1) is 28.2 Å². The number of aromatic nitrogens is 1. The molecule has 5 aromatic carbocycles. The maximum Gasteiger partial charge on any atom is 0.335 e. The molecule has 0 fully saturated rings. The summed E-state index contributed by atoms with van der Waals surface area (Å²) >= 11 is 0. The molecule has 202 valence electrons. The lowest BCUT2D eigenvalue weighted by Gasteiger charge is -2.16. The molecule has 0 aliphatic carbocycles. The molecule has 1 atom stereocenters. The van der Waals surface area contributed by atoms with Crippen molar-refractivity contribution in [2.45, 2.75) is 19.4 Å². The smallest absolute Gasteiger partial charge is 0.335 e. The van der Waals surface area contributed by atoms with E-state index in [9.17, 15) is 19.1 Å². The highest BCUT2D eigenvalue weighted by atomic mass is 19.1. The Morgan fingerprint density at radius 1 is 0.878 bits per heavy atom. The number of nitrogens with zero attached hydrogens (tertiary/aromatic N) is 1. The molecule has 1 aromatic heterocycles. The monoisotopic (exact) mass is 544 g/mol. The van der Waals surface area contributed by atoms with Gasteiger partial charge in [0.1, 0.15) is 5.82 Å². The fourth-order valence-electron chi connectivity index (χ4n) is 5.07. The Morgan fingerprint density at radius 3 is 2.37 bits per heavy atom. The topological polar surface area (TPSA) is 92.4 Å². The fraction of sp³-hybridized carbons (Fsp3) is 0.0882. The molecule has 6 rings (SSSR count). The third-order valence-electron chi connectivity index (χ3n) is 7.24. The third kappa shape index (κ3) is 5.30. The van der Waals surface area contributed by atoms with Gasteiger partial charge in [-0.3, -0.25) is 4.79 Å². The number of aromatic carboxylic acids is 1. The molecule has 0 spiro atoms. The highest BCUT2D eigenvalue weighted by Crippen LogP contribution is 2.32. The summed E-state index contributed by atoms with van der Waals surface area (Å²) in [5.74, 6) is -1.60. The predicted molar refractivity (Wildman–Crippen MR) is 155 cm³/mol. The minimum absolute atomic E-state index is 0.178. The number of nitrogens with one attached hydrogen (secondary N) is 1. The van der Waals surface area contributed by atoms with Gasteiger partial charge in [-0.1, -0.05) is 71.9 Å². The van der Waals surface area contributed by atoms with Crippen LogP contribution < -0.4 is 5.32 Å². The molecular weight excluding hydrogens is 519 g/mol. The first-order valence-electron chi connectivity index (χ1n) is 13.2. The first-order chi connectivity index (χ1) is 19.9. The van der Waals surface area contributed by atoms with Crippen LogP contribution in [0.15, 0.2) is 108 Å². The van der Waals surface area contributed by atoms with Crippen molar-refractivity contribution in [3.8, 4) is 11.1 Å². The Balaban J connectivity index is 1.38. The van der Waals surface area contributed by atoms with Crippen molar-refractivity contribution in [3.63, 3.8) is 0 Å². The van der Waals surface area contributed by atoms with Gasteiger partial charge in [0.25, 0.3) is 5.91 Å². The number of hydrogen-bond acceptors (Lipinski definition) is 4. The van der Waals surface area contributed by atoms with Crippen LogP contribution in [0.3, 0.4) is 0 Å². The van der Waals surface area contributed by atoms with Crippen molar-refractivity contribution in [1.82, 2.24) is 10.5 Å². The Kier molecular flexibility index (Phi) is 6.77. The van der Waals surface area contributed by atoms with Crippen molar-refractivity contribution >= 4 is 33.6 Å². The summed E-state index contributed by atoms with van der Waals surface area (Å²) in [5, 5.41) is 18.9. The second-order valence-electron chi connectivity index (χ2n) is 10.0. The van der Waals surface area contributed by atoms with Crippen LogP contribution in [0.5, 0.6) is 0 Å². The zero-order valence-electron chi connectivity index (χ0n) is 22.1. The Hall–Kier alpha value is -5.30. The molecule has 0 aliphatic rings. The summed E-state index contributed by atoms with van der Waals surface area (Å²) in [6.07, 6.45) is 0.414. The number of carboxylic acid groups (broad SMARTS) is 1. The van der Waals surface area contributed by atoms with E-state index in [0.29, 0.717) is 28.6 Å². The van der Waals surface area contributed by atoms with Crippen LogP contribution in [-0.4, -0.2) is 22.1 Å². The summed E-state index contributed by atoms with van der Waals surface area (Å²) < 4.78 is 19.4. The van der Waals surface area contributed by atoms with E-state index in [0.717, 1.165) is 33.0 Å². The maximum atomic E-state index is 13.8. The van der Waals surface area contributed by atoms with Crippen LogP contribution in [0.1, 0.15) is 50.5 Å². The zero-order valence-corrected chi connectivity index (χ0v) is 22.1. The summed E-state index contributed by atoms with van der Waals surface area (Å²) in [7, 11) is 0. The molecule has 1 amide bonds. The molecule has 1 heterocycles. The SMILES string of the molecule is C[C@H](NC(=O)c1cc(-c2ccccc2)cc2onc(Cc3ccc4cc(F)ccc4c3)c12)c1ccc(C(=O)O)cc1. The van der Waals surface area contributed by atoms with Crippen molar-refractivity contribution in [3.05, 3.63) is 137 Å². The highest BCUT2D eigenvalue weighted by Gasteiger charge is 2.22. The highest BCUT2D eigenvalue weighted by molar-refractivity contribution is 6.08. The minimum atomic E-state index is -1.01. The largest absolute Gasteiger partial charge is 0.478 e. The number of carbonyl (C=O) groups is 2. The maximum absolute atomic E-state index is 13.8. The molecule has 0 bridgehead atoms.